The Bertz CT molecular complexity index is 2010. The number of hydrogen-bond donors (Lipinski definition) is 3. The van der Waals surface area contributed by atoms with Gasteiger partial charge in [-0.15, -0.1) is 0 Å². The second-order valence-electron chi connectivity index (χ2n) is 16.1. The van der Waals surface area contributed by atoms with Gasteiger partial charge in [0, 0.05) is 36.2 Å². The van der Waals surface area contributed by atoms with E-state index in [4.69, 9.17) is 51.6 Å². The Morgan fingerprint density at radius 3 is 2.39 bits per heavy atom. The molecule has 3 aromatic carbocycles. The Morgan fingerprint density at radius 2 is 1.69 bits per heavy atom. The Morgan fingerprint density at radius 1 is 0.949 bits per heavy atom. The van der Waals surface area contributed by atoms with Crippen LogP contribution in [0.1, 0.15) is 81.3 Å². The number of anilines is 2. The fraction of sp³-hybridized carbons (Fsp3) is 0.488. The van der Waals surface area contributed by atoms with Crippen LogP contribution < -0.4 is 20.7 Å². The van der Waals surface area contributed by atoms with Crippen LogP contribution in [0.15, 0.2) is 54.6 Å². The zero-order valence-electron chi connectivity index (χ0n) is 34.2. The lowest BCUT2D eigenvalue weighted by Gasteiger charge is -2.37. The van der Waals surface area contributed by atoms with Crippen LogP contribution in [0.2, 0.25) is 10.0 Å². The van der Waals surface area contributed by atoms with Crippen molar-refractivity contribution in [2.24, 2.45) is 11.3 Å². The van der Waals surface area contributed by atoms with E-state index in [2.05, 4.69) is 16.0 Å². The van der Waals surface area contributed by atoms with Gasteiger partial charge < -0.3 is 44.4 Å². The van der Waals surface area contributed by atoms with Crippen LogP contribution in [0, 0.1) is 17.2 Å². The Kier molecular flexibility index (Phi) is 15.3. The van der Waals surface area contributed by atoms with E-state index in [1.807, 2.05) is 34.6 Å². The summed E-state index contributed by atoms with van der Waals surface area (Å²) < 4.78 is 48.0. The van der Waals surface area contributed by atoms with Crippen LogP contribution >= 0.6 is 23.2 Å². The Balaban J connectivity index is 1.42. The number of nitrogens with one attached hydrogen (secondary N) is 3. The van der Waals surface area contributed by atoms with Crippen molar-refractivity contribution < 1.29 is 52.0 Å². The first-order valence-corrected chi connectivity index (χ1v) is 20.2. The molecule has 0 saturated carbocycles. The minimum atomic E-state index is -1.46. The number of ether oxygens (including phenoxy) is 6. The van der Waals surface area contributed by atoms with Crippen LogP contribution in [-0.2, 0) is 38.7 Å². The highest BCUT2D eigenvalue weighted by Crippen LogP contribution is 2.57. The molecule has 1 spiro atoms. The molecule has 5 rings (SSSR count). The van der Waals surface area contributed by atoms with Gasteiger partial charge in [-0.3, -0.25) is 9.59 Å². The number of hydrogen-bond acceptors (Lipinski definition) is 11. The SMILES string of the molecule is COCCOCCOC(=O)OC(CCC(C)C)OC(=O)c1ccc(NC(=O)[C@@H]2N[C@@H](CC(C)(C)C)[C@@]3(C(=O)Nc4cc(Cl)ccc43)[C@H]2c2cccc(Cl)c2F)c(OC)c1. The first-order chi connectivity index (χ1) is 28.0. The molecule has 1 unspecified atom stereocenters. The quantitative estimate of drug-likeness (QED) is 0.0682. The maximum Gasteiger partial charge on any atom is 0.511 e. The number of esters is 1. The highest BCUT2D eigenvalue weighted by molar-refractivity contribution is 6.31. The smallest absolute Gasteiger partial charge is 0.495 e. The molecule has 2 aliphatic rings. The number of amides is 2. The van der Waals surface area contributed by atoms with Crippen molar-refractivity contribution in [2.45, 2.75) is 83.6 Å². The molecule has 5 atom stereocenters. The van der Waals surface area contributed by atoms with Gasteiger partial charge >= 0.3 is 12.1 Å². The fourth-order valence-electron chi connectivity index (χ4n) is 7.65. The molecule has 59 heavy (non-hydrogen) atoms. The number of methoxy groups -OCH3 is 2. The van der Waals surface area contributed by atoms with Crippen LogP contribution in [-0.4, -0.2) is 83.0 Å². The predicted molar refractivity (Wildman–Crippen MR) is 221 cm³/mol. The fourth-order valence-corrected chi connectivity index (χ4v) is 8.01. The van der Waals surface area contributed by atoms with Gasteiger partial charge in [-0.25, -0.2) is 14.0 Å². The lowest BCUT2D eigenvalue weighted by atomic mass is 9.62. The van der Waals surface area contributed by atoms with Crippen molar-refractivity contribution in [3.63, 3.8) is 0 Å². The lowest BCUT2D eigenvalue weighted by Crippen LogP contribution is -2.49. The molecule has 1 fully saturated rings. The average molecular weight is 861 g/mol. The number of halogens is 3. The highest BCUT2D eigenvalue weighted by Gasteiger charge is 2.66. The predicted octanol–water partition coefficient (Wildman–Crippen LogP) is 8.27. The maximum atomic E-state index is 16.2. The summed E-state index contributed by atoms with van der Waals surface area (Å²) >= 11 is 12.7. The average Bonchev–Trinajstić information content (AvgIpc) is 3.65. The summed E-state index contributed by atoms with van der Waals surface area (Å²) in [4.78, 5) is 55.0. The van der Waals surface area contributed by atoms with E-state index < -0.39 is 59.5 Å². The van der Waals surface area contributed by atoms with E-state index in [1.54, 1.807) is 31.4 Å². The van der Waals surface area contributed by atoms with E-state index in [0.717, 1.165) is 0 Å². The third-order valence-corrected chi connectivity index (χ3v) is 10.8. The molecule has 0 aliphatic carbocycles. The molecule has 2 aliphatic heterocycles. The standard InChI is InChI=1S/C43H52Cl2FN3O10/c1-24(2)11-16-34(59-41(53)57-20-19-56-18-17-54-6)58-39(51)25-12-15-30(32(21-25)55-7)47-38(50)37-35(27-9-8-10-29(45)36(27)46)43(33(49-37)23-42(3,4)5)28-14-13-26(44)22-31(28)48-40(43)52/h8-10,12-15,21-22,24,33-35,37,49H,11,16-20,23H2,1-7H3,(H,47,50)(H,48,52)/t33-,34?,35-,37+,43+/m0/s1. The summed E-state index contributed by atoms with van der Waals surface area (Å²) in [5.74, 6) is -3.35. The van der Waals surface area contributed by atoms with Crippen LogP contribution in [0.5, 0.6) is 5.75 Å². The normalized spacial score (nSPS) is 20.3. The minimum absolute atomic E-state index is 0.0397. The van der Waals surface area contributed by atoms with Gasteiger partial charge in [0.15, 0.2) is 0 Å². The monoisotopic (exact) mass is 859 g/mol. The third-order valence-electron chi connectivity index (χ3n) is 10.2. The zero-order chi connectivity index (χ0) is 43.1. The summed E-state index contributed by atoms with van der Waals surface area (Å²) in [6.45, 7) is 10.8. The number of rotatable bonds is 17. The topological polar surface area (TPSA) is 160 Å². The van der Waals surface area contributed by atoms with Crippen molar-refractivity contribution in [1.29, 1.82) is 0 Å². The molecule has 320 valence electrons. The van der Waals surface area contributed by atoms with Crippen molar-refractivity contribution >= 4 is 58.5 Å². The van der Waals surface area contributed by atoms with Crippen molar-refractivity contribution in [3.8, 4) is 5.75 Å². The van der Waals surface area contributed by atoms with Gasteiger partial charge in [-0.1, -0.05) is 76.0 Å². The van der Waals surface area contributed by atoms with Crippen LogP contribution in [0.25, 0.3) is 0 Å². The number of benzene rings is 3. The zero-order valence-corrected chi connectivity index (χ0v) is 35.8. The second-order valence-corrected chi connectivity index (χ2v) is 17.0. The molecule has 3 aromatic rings. The molecular weight excluding hydrogens is 808 g/mol. The van der Waals surface area contributed by atoms with Crippen molar-refractivity contribution in [2.75, 3.05) is 51.3 Å². The minimum Gasteiger partial charge on any atom is -0.495 e. The first-order valence-electron chi connectivity index (χ1n) is 19.4. The number of fused-ring (bicyclic) bond motifs is 2. The Hall–Kier alpha value is -4.47. The molecule has 0 bridgehead atoms. The summed E-state index contributed by atoms with van der Waals surface area (Å²) in [5, 5.41) is 9.52. The van der Waals surface area contributed by atoms with E-state index in [-0.39, 0.29) is 58.6 Å². The van der Waals surface area contributed by atoms with E-state index >= 15 is 4.39 Å². The van der Waals surface area contributed by atoms with Crippen LogP contribution in [0.3, 0.4) is 0 Å². The Labute approximate surface area is 353 Å². The van der Waals surface area contributed by atoms with E-state index in [9.17, 15) is 19.2 Å². The summed E-state index contributed by atoms with van der Waals surface area (Å²) in [6, 6.07) is 12.0. The van der Waals surface area contributed by atoms with Crippen molar-refractivity contribution in [3.05, 3.63) is 87.2 Å². The summed E-state index contributed by atoms with van der Waals surface area (Å²) in [5.41, 5.74) is -0.453. The molecule has 2 heterocycles. The molecule has 13 nitrogen and oxygen atoms in total. The third kappa shape index (κ3) is 10.6. The van der Waals surface area contributed by atoms with Gasteiger partial charge in [0.05, 0.1) is 49.2 Å². The first kappa shape index (κ1) is 45.6. The number of carbonyl (C=O) groups is 4. The van der Waals surface area contributed by atoms with Gasteiger partial charge in [0.25, 0.3) is 6.29 Å². The molecule has 0 aromatic heterocycles. The maximum absolute atomic E-state index is 16.2. The van der Waals surface area contributed by atoms with Gasteiger partial charge in [0.1, 0.15) is 23.6 Å². The number of carbonyl (C=O) groups excluding carboxylic acids is 4. The van der Waals surface area contributed by atoms with E-state index in [0.29, 0.717) is 42.3 Å². The van der Waals surface area contributed by atoms with Gasteiger partial charge in [-0.05, 0) is 71.7 Å². The highest BCUT2D eigenvalue weighted by atomic mass is 35.5. The summed E-state index contributed by atoms with van der Waals surface area (Å²) in [6.07, 6.45) is -1.06. The summed E-state index contributed by atoms with van der Waals surface area (Å²) in [7, 11) is 2.91. The second kappa shape index (κ2) is 19.7. The molecule has 2 amide bonds. The lowest BCUT2D eigenvalue weighted by molar-refractivity contribution is -0.122. The molecule has 0 radical (unpaired) electrons. The van der Waals surface area contributed by atoms with Crippen molar-refractivity contribution in [1.82, 2.24) is 5.32 Å². The largest absolute Gasteiger partial charge is 0.511 e. The van der Waals surface area contributed by atoms with E-state index in [1.165, 1.54) is 37.4 Å². The van der Waals surface area contributed by atoms with Gasteiger partial charge in [-0.2, -0.15) is 0 Å². The molecule has 1 saturated heterocycles. The van der Waals surface area contributed by atoms with Gasteiger partial charge in [0.2, 0.25) is 11.8 Å². The molecule has 16 heteroatoms. The van der Waals surface area contributed by atoms with Crippen LogP contribution in [0.4, 0.5) is 20.6 Å². The molecule has 3 N–H and O–H groups in total. The molecular formula is C43H52Cl2FN3O10.